The molecular weight excluding hydrogens is 370 g/mol. The Morgan fingerprint density at radius 3 is 2.28 bits per heavy atom. The fraction of sp³-hybridized carbons (Fsp3) is 0.391. The van der Waals surface area contributed by atoms with E-state index in [1.165, 1.54) is 0 Å². The van der Waals surface area contributed by atoms with Crippen molar-refractivity contribution >= 4 is 11.9 Å². The van der Waals surface area contributed by atoms with Crippen LogP contribution in [0.15, 0.2) is 54.6 Å². The van der Waals surface area contributed by atoms with Crippen LogP contribution in [-0.2, 0) is 19.1 Å². The molecule has 6 nitrogen and oxygen atoms in total. The van der Waals surface area contributed by atoms with Gasteiger partial charge < -0.3 is 14.2 Å². The Labute approximate surface area is 170 Å². The zero-order valence-electron chi connectivity index (χ0n) is 16.6. The summed E-state index contributed by atoms with van der Waals surface area (Å²) in [5.41, 5.74) is 0.167. The highest BCUT2D eigenvalue weighted by atomic mass is 16.6. The summed E-state index contributed by atoms with van der Waals surface area (Å²) in [4.78, 5) is 26.6. The smallest absolute Gasteiger partial charge is 0.338 e. The van der Waals surface area contributed by atoms with Crippen LogP contribution in [0.25, 0.3) is 0 Å². The highest BCUT2D eigenvalue weighted by Gasteiger charge is 2.66. The maximum atomic E-state index is 13.3. The molecule has 0 amide bonds. The summed E-state index contributed by atoms with van der Waals surface area (Å²) < 4.78 is 16.8. The van der Waals surface area contributed by atoms with Gasteiger partial charge in [-0.15, -0.1) is 0 Å². The molecule has 0 bridgehead atoms. The number of hydrogen-bond acceptors (Lipinski definition) is 6. The Bertz CT molecular complexity index is 879. The average Bonchev–Trinajstić information content (AvgIpc) is 3.11. The molecule has 2 aliphatic rings. The van der Waals surface area contributed by atoms with Gasteiger partial charge >= 0.3 is 11.9 Å². The number of benzene rings is 2. The molecular formula is C23H25NO5. The first-order chi connectivity index (χ1) is 14.1. The van der Waals surface area contributed by atoms with Crippen LogP contribution in [0.5, 0.6) is 5.75 Å². The Balaban J connectivity index is 1.89. The van der Waals surface area contributed by atoms with Crippen molar-refractivity contribution in [1.82, 2.24) is 5.32 Å². The van der Waals surface area contributed by atoms with Crippen LogP contribution in [0.3, 0.4) is 0 Å². The fourth-order valence-electron chi connectivity index (χ4n) is 4.61. The van der Waals surface area contributed by atoms with Gasteiger partial charge in [0.15, 0.2) is 0 Å². The van der Waals surface area contributed by atoms with Crippen LogP contribution in [0.4, 0.5) is 0 Å². The van der Waals surface area contributed by atoms with Gasteiger partial charge in [0, 0.05) is 23.4 Å². The molecule has 0 saturated carbocycles. The maximum absolute atomic E-state index is 13.3. The minimum absolute atomic E-state index is 0.138. The van der Waals surface area contributed by atoms with Crippen LogP contribution in [0.2, 0.25) is 0 Å². The number of hydrogen-bond donors (Lipinski definition) is 1. The van der Waals surface area contributed by atoms with Crippen LogP contribution in [-0.4, -0.2) is 37.3 Å². The molecule has 1 saturated heterocycles. The second-order valence-corrected chi connectivity index (χ2v) is 7.27. The van der Waals surface area contributed by atoms with Gasteiger partial charge in [0.2, 0.25) is 5.54 Å². The van der Waals surface area contributed by atoms with Crippen molar-refractivity contribution in [3.05, 3.63) is 65.7 Å². The van der Waals surface area contributed by atoms with Crippen LogP contribution >= 0.6 is 0 Å². The average molecular weight is 395 g/mol. The Morgan fingerprint density at radius 1 is 1.00 bits per heavy atom. The Kier molecular flexibility index (Phi) is 5.28. The van der Waals surface area contributed by atoms with E-state index in [-0.39, 0.29) is 25.2 Å². The number of ether oxygens (including phenoxy) is 3. The molecule has 2 aliphatic heterocycles. The summed E-state index contributed by atoms with van der Waals surface area (Å²) in [5, 5.41) is 3.35. The zero-order valence-corrected chi connectivity index (χ0v) is 16.6. The van der Waals surface area contributed by atoms with Crippen molar-refractivity contribution in [2.24, 2.45) is 5.92 Å². The Morgan fingerprint density at radius 2 is 1.62 bits per heavy atom. The lowest BCUT2D eigenvalue weighted by Crippen LogP contribution is -2.59. The van der Waals surface area contributed by atoms with Crippen molar-refractivity contribution in [3.8, 4) is 5.75 Å². The number of para-hydroxylation sites is 1. The number of fused-ring (bicyclic) bond motifs is 3. The first-order valence-electron chi connectivity index (χ1n) is 10.0. The first-order valence-corrected chi connectivity index (χ1v) is 10.0. The topological polar surface area (TPSA) is 73.9 Å². The molecule has 29 heavy (non-hydrogen) atoms. The lowest BCUT2D eigenvalue weighted by Gasteiger charge is -2.33. The van der Waals surface area contributed by atoms with E-state index in [9.17, 15) is 9.59 Å². The molecule has 152 valence electrons. The van der Waals surface area contributed by atoms with Crippen molar-refractivity contribution in [2.75, 3.05) is 19.8 Å². The minimum atomic E-state index is -1.64. The van der Waals surface area contributed by atoms with Gasteiger partial charge in [0.25, 0.3) is 0 Å². The standard InChI is InChI=1S/C23H25NO5/c1-3-27-21(25)23(22(26)28-4-2)19(15-10-6-5-7-11-15)17-14-29-18-13-9-8-12-16(18)20(17)24-23/h5-13,17,19-20,24H,3-4,14H2,1-2H3/t17-,19-,20+/m1/s1. The zero-order chi connectivity index (χ0) is 20.4. The first kappa shape index (κ1) is 19.5. The third kappa shape index (κ3) is 3.08. The van der Waals surface area contributed by atoms with Gasteiger partial charge in [0.05, 0.1) is 19.8 Å². The third-order valence-electron chi connectivity index (χ3n) is 5.74. The molecule has 3 atom stereocenters. The summed E-state index contributed by atoms with van der Waals surface area (Å²) in [5.74, 6) is -1.09. The van der Waals surface area contributed by atoms with E-state index in [0.717, 1.165) is 16.9 Å². The van der Waals surface area contributed by atoms with E-state index < -0.39 is 23.4 Å². The van der Waals surface area contributed by atoms with Crippen molar-refractivity contribution in [3.63, 3.8) is 0 Å². The lowest BCUT2D eigenvalue weighted by atomic mass is 9.73. The number of nitrogens with one attached hydrogen (secondary N) is 1. The fourth-order valence-corrected chi connectivity index (χ4v) is 4.61. The van der Waals surface area contributed by atoms with E-state index in [4.69, 9.17) is 14.2 Å². The number of esters is 2. The third-order valence-corrected chi connectivity index (χ3v) is 5.74. The van der Waals surface area contributed by atoms with Gasteiger partial charge in [-0.05, 0) is 25.5 Å². The SMILES string of the molecule is CCOC(=O)C1(C(=O)OCC)N[C@H]2c3ccccc3OC[C@@H]2[C@H]1c1ccccc1. The number of carbonyl (C=O) groups excluding carboxylic acids is 2. The predicted molar refractivity (Wildman–Crippen MR) is 106 cm³/mol. The van der Waals surface area contributed by atoms with Crippen LogP contribution in [0.1, 0.15) is 36.9 Å². The van der Waals surface area contributed by atoms with E-state index in [0.29, 0.717) is 6.61 Å². The van der Waals surface area contributed by atoms with Crippen LogP contribution < -0.4 is 10.1 Å². The van der Waals surface area contributed by atoms with Gasteiger partial charge in [-0.2, -0.15) is 0 Å². The molecule has 0 spiro atoms. The van der Waals surface area contributed by atoms with Crippen LogP contribution in [0, 0.1) is 5.92 Å². The highest BCUT2D eigenvalue weighted by molar-refractivity contribution is 6.07. The van der Waals surface area contributed by atoms with Gasteiger partial charge in [-0.25, -0.2) is 9.59 Å². The molecule has 1 N–H and O–H groups in total. The molecule has 0 aliphatic carbocycles. The number of rotatable bonds is 5. The predicted octanol–water partition coefficient (Wildman–Crippen LogP) is 2.99. The normalized spacial score (nSPS) is 24.0. The van der Waals surface area contributed by atoms with E-state index in [1.807, 2.05) is 54.6 Å². The molecule has 2 aromatic rings. The van der Waals surface area contributed by atoms with E-state index in [2.05, 4.69) is 5.32 Å². The largest absolute Gasteiger partial charge is 0.493 e. The molecule has 0 unspecified atom stereocenters. The molecule has 2 aromatic carbocycles. The summed E-state index contributed by atoms with van der Waals surface area (Å²) in [6.45, 7) is 4.19. The summed E-state index contributed by atoms with van der Waals surface area (Å²) >= 11 is 0. The molecule has 6 heteroatoms. The van der Waals surface area contributed by atoms with E-state index in [1.54, 1.807) is 13.8 Å². The van der Waals surface area contributed by atoms with Gasteiger partial charge in [-0.3, -0.25) is 5.32 Å². The second-order valence-electron chi connectivity index (χ2n) is 7.27. The summed E-state index contributed by atoms with van der Waals surface area (Å²) in [6.07, 6.45) is 0. The highest BCUT2D eigenvalue weighted by Crippen LogP contribution is 2.53. The lowest BCUT2D eigenvalue weighted by molar-refractivity contribution is -0.166. The quantitative estimate of drug-likeness (QED) is 0.620. The van der Waals surface area contributed by atoms with Gasteiger partial charge in [-0.1, -0.05) is 48.5 Å². The minimum Gasteiger partial charge on any atom is -0.493 e. The molecule has 0 radical (unpaired) electrons. The second kappa shape index (κ2) is 7.87. The Hall–Kier alpha value is -2.86. The van der Waals surface area contributed by atoms with Gasteiger partial charge in [0.1, 0.15) is 5.75 Å². The monoisotopic (exact) mass is 395 g/mol. The molecule has 4 rings (SSSR count). The maximum Gasteiger partial charge on any atom is 0.338 e. The summed E-state index contributed by atoms with van der Waals surface area (Å²) in [7, 11) is 0. The summed E-state index contributed by atoms with van der Waals surface area (Å²) in [6, 6.07) is 17.1. The molecule has 2 heterocycles. The molecule has 0 aromatic heterocycles. The van der Waals surface area contributed by atoms with Crippen molar-refractivity contribution in [1.29, 1.82) is 0 Å². The van der Waals surface area contributed by atoms with Crippen molar-refractivity contribution in [2.45, 2.75) is 31.3 Å². The molecule has 1 fully saturated rings. The van der Waals surface area contributed by atoms with E-state index >= 15 is 0 Å². The number of carbonyl (C=O) groups is 2. The van der Waals surface area contributed by atoms with Crippen molar-refractivity contribution < 1.29 is 23.8 Å².